The minimum atomic E-state index is -0.890. The molecule has 6 heteroatoms. The number of nitrogens with zero attached hydrogens (tertiary/aromatic N) is 2. The summed E-state index contributed by atoms with van der Waals surface area (Å²) in [5.74, 6) is -1.42. The lowest BCUT2D eigenvalue weighted by atomic mass is 9.97. The third-order valence-corrected chi connectivity index (χ3v) is 4.13. The number of hydrogen-bond acceptors (Lipinski definition) is 3. The predicted molar refractivity (Wildman–Crippen MR) is 80.8 cm³/mol. The van der Waals surface area contributed by atoms with Gasteiger partial charge in [0.15, 0.2) is 11.6 Å². The highest BCUT2D eigenvalue weighted by Gasteiger charge is 2.20. The molecule has 1 aliphatic rings. The molecule has 0 saturated heterocycles. The van der Waals surface area contributed by atoms with Gasteiger partial charge in [0.1, 0.15) is 5.69 Å². The fraction of sp³-hybridized carbons (Fsp3) is 0.250. The first-order valence-corrected chi connectivity index (χ1v) is 7.22. The smallest absolute Gasteiger partial charge is 0.160 e. The van der Waals surface area contributed by atoms with Crippen LogP contribution in [0.15, 0.2) is 24.3 Å². The van der Waals surface area contributed by atoms with Gasteiger partial charge in [0.05, 0.1) is 22.6 Å². The summed E-state index contributed by atoms with van der Waals surface area (Å²) < 4.78 is 26.8. The molecule has 1 aromatic carbocycles. The Kier molecular flexibility index (Phi) is 2.85. The number of aromatic nitrogens is 3. The van der Waals surface area contributed by atoms with E-state index in [2.05, 4.69) is 27.4 Å². The van der Waals surface area contributed by atoms with Gasteiger partial charge in [0, 0.05) is 23.9 Å². The molecule has 0 spiro atoms. The number of hydrogen-bond donors (Lipinski definition) is 2. The number of nitrogens with one attached hydrogen (secondary N) is 2. The molecule has 22 heavy (non-hydrogen) atoms. The van der Waals surface area contributed by atoms with Crippen LogP contribution in [0.1, 0.15) is 25.0 Å². The van der Waals surface area contributed by atoms with Gasteiger partial charge in [0.25, 0.3) is 0 Å². The highest BCUT2D eigenvalue weighted by molar-refractivity contribution is 5.92. The third-order valence-electron chi connectivity index (χ3n) is 4.13. The monoisotopic (exact) mass is 300 g/mol. The molecule has 0 bridgehead atoms. The lowest BCUT2D eigenvalue weighted by Crippen LogP contribution is -2.16. The van der Waals surface area contributed by atoms with Crippen molar-refractivity contribution in [2.75, 3.05) is 11.9 Å². The van der Waals surface area contributed by atoms with Crippen molar-refractivity contribution in [3.05, 3.63) is 41.6 Å². The molecule has 0 aliphatic carbocycles. The summed E-state index contributed by atoms with van der Waals surface area (Å²) in [6, 6.07) is 6.09. The summed E-state index contributed by atoms with van der Waals surface area (Å²) in [6.45, 7) is 3.07. The van der Waals surface area contributed by atoms with Crippen LogP contribution in [0.4, 0.5) is 14.5 Å². The van der Waals surface area contributed by atoms with E-state index in [0.29, 0.717) is 28.2 Å². The topological polar surface area (TPSA) is 53.6 Å². The lowest BCUT2D eigenvalue weighted by Gasteiger charge is -2.23. The highest BCUT2D eigenvalue weighted by atomic mass is 19.2. The molecule has 0 amide bonds. The average molecular weight is 300 g/mol. The van der Waals surface area contributed by atoms with Gasteiger partial charge in [0.2, 0.25) is 0 Å². The number of rotatable bonds is 1. The Morgan fingerprint density at radius 2 is 2.00 bits per heavy atom. The predicted octanol–water partition coefficient (Wildman–Crippen LogP) is 3.82. The number of pyridine rings is 1. The van der Waals surface area contributed by atoms with Crippen LogP contribution in [0.2, 0.25) is 0 Å². The van der Waals surface area contributed by atoms with E-state index in [1.54, 1.807) is 0 Å². The van der Waals surface area contributed by atoms with Crippen molar-refractivity contribution < 1.29 is 8.78 Å². The minimum absolute atomic E-state index is 0.357. The Labute approximate surface area is 125 Å². The fourth-order valence-electron chi connectivity index (χ4n) is 2.90. The van der Waals surface area contributed by atoms with Crippen LogP contribution in [0.3, 0.4) is 0 Å². The van der Waals surface area contributed by atoms with E-state index in [9.17, 15) is 8.78 Å². The number of halogens is 2. The molecule has 4 nitrogen and oxygen atoms in total. The van der Waals surface area contributed by atoms with Crippen LogP contribution >= 0.6 is 0 Å². The van der Waals surface area contributed by atoms with E-state index in [1.807, 2.05) is 12.1 Å². The van der Waals surface area contributed by atoms with Crippen LogP contribution < -0.4 is 5.32 Å². The summed E-state index contributed by atoms with van der Waals surface area (Å²) >= 11 is 0. The standard InChI is InChI=1S/C16H14F2N4/c1-8-4-5-19-12-2-3-13(20-15(8)12)16-9-6-10(17)11(18)7-14(9)21-22-16/h2-3,6-8,19H,4-5H2,1H3,(H,21,22)/t8-/m0/s1. The third kappa shape index (κ3) is 1.94. The normalized spacial score (nSPS) is 17.3. The number of aromatic amines is 1. The van der Waals surface area contributed by atoms with Gasteiger partial charge in [-0.3, -0.25) is 5.10 Å². The molecule has 2 aromatic heterocycles. The molecule has 0 saturated carbocycles. The first-order chi connectivity index (χ1) is 10.6. The van der Waals surface area contributed by atoms with Gasteiger partial charge in [-0.05, 0) is 24.6 Å². The SMILES string of the molecule is C[C@H]1CCNc2ccc(-c3n[nH]c4cc(F)c(F)cc34)nc21. The Hall–Kier alpha value is -2.50. The number of benzene rings is 1. The van der Waals surface area contributed by atoms with Gasteiger partial charge in [-0.25, -0.2) is 13.8 Å². The Morgan fingerprint density at radius 3 is 2.86 bits per heavy atom. The molecule has 0 unspecified atom stereocenters. The molecule has 0 fully saturated rings. The Morgan fingerprint density at radius 1 is 1.18 bits per heavy atom. The molecule has 0 radical (unpaired) electrons. The van der Waals surface area contributed by atoms with Crippen LogP contribution in [-0.4, -0.2) is 21.7 Å². The minimum Gasteiger partial charge on any atom is -0.384 e. The number of H-pyrrole nitrogens is 1. The molecule has 4 rings (SSSR count). The highest BCUT2D eigenvalue weighted by Crippen LogP contribution is 2.33. The molecule has 2 N–H and O–H groups in total. The maximum absolute atomic E-state index is 13.5. The van der Waals surface area contributed by atoms with Crippen molar-refractivity contribution in [3.8, 4) is 11.4 Å². The number of anilines is 1. The zero-order valence-corrected chi connectivity index (χ0v) is 12.0. The van der Waals surface area contributed by atoms with E-state index in [1.165, 1.54) is 0 Å². The second-order valence-corrected chi connectivity index (χ2v) is 5.63. The molecule has 1 aliphatic heterocycles. The van der Waals surface area contributed by atoms with Gasteiger partial charge >= 0.3 is 0 Å². The maximum Gasteiger partial charge on any atom is 0.160 e. The van der Waals surface area contributed by atoms with Gasteiger partial charge in [-0.2, -0.15) is 5.10 Å². The van der Waals surface area contributed by atoms with Crippen molar-refractivity contribution in [1.82, 2.24) is 15.2 Å². The lowest BCUT2D eigenvalue weighted by molar-refractivity contribution is 0.511. The summed E-state index contributed by atoms with van der Waals surface area (Å²) in [6.07, 6.45) is 1.02. The molecule has 3 aromatic rings. The number of fused-ring (bicyclic) bond motifs is 2. The van der Waals surface area contributed by atoms with Crippen LogP contribution in [0.25, 0.3) is 22.3 Å². The maximum atomic E-state index is 13.5. The average Bonchev–Trinajstić information content (AvgIpc) is 2.91. The molecular formula is C16H14F2N4. The Balaban J connectivity index is 1.89. The Bertz CT molecular complexity index is 872. The quantitative estimate of drug-likeness (QED) is 0.718. The summed E-state index contributed by atoms with van der Waals surface area (Å²) in [5.41, 5.74) is 3.67. The largest absolute Gasteiger partial charge is 0.384 e. The summed E-state index contributed by atoms with van der Waals surface area (Å²) in [5, 5.41) is 10.8. The molecule has 1 atom stereocenters. The van der Waals surface area contributed by atoms with E-state index >= 15 is 0 Å². The van der Waals surface area contributed by atoms with Gasteiger partial charge < -0.3 is 5.32 Å². The van der Waals surface area contributed by atoms with Crippen LogP contribution in [0.5, 0.6) is 0 Å². The fourth-order valence-corrected chi connectivity index (χ4v) is 2.90. The van der Waals surface area contributed by atoms with Crippen molar-refractivity contribution in [3.63, 3.8) is 0 Å². The molecular weight excluding hydrogens is 286 g/mol. The molecule has 112 valence electrons. The summed E-state index contributed by atoms with van der Waals surface area (Å²) in [7, 11) is 0. The van der Waals surface area contributed by atoms with E-state index in [-0.39, 0.29) is 0 Å². The molecule has 3 heterocycles. The van der Waals surface area contributed by atoms with Crippen molar-refractivity contribution in [1.29, 1.82) is 0 Å². The van der Waals surface area contributed by atoms with E-state index in [4.69, 9.17) is 0 Å². The summed E-state index contributed by atoms with van der Waals surface area (Å²) in [4.78, 5) is 4.68. The van der Waals surface area contributed by atoms with Crippen molar-refractivity contribution >= 4 is 16.6 Å². The van der Waals surface area contributed by atoms with Crippen molar-refractivity contribution in [2.24, 2.45) is 0 Å². The zero-order chi connectivity index (χ0) is 15.3. The zero-order valence-electron chi connectivity index (χ0n) is 12.0. The van der Waals surface area contributed by atoms with E-state index < -0.39 is 11.6 Å². The van der Waals surface area contributed by atoms with Gasteiger partial charge in [-0.1, -0.05) is 6.92 Å². The van der Waals surface area contributed by atoms with Gasteiger partial charge in [-0.15, -0.1) is 0 Å². The van der Waals surface area contributed by atoms with E-state index in [0.717, 1.165) is 36.5 Å². The second-order valence-electron chi connectivity index (χ2n) is 5.63. The van der Waals surface area contributed by atoms with Crippen molar-refractivity contribution in [2.45, 2.75) is 19.3 Å². The van der Waals surface area contributed by atoms with Crippen LogP contribution in [-0.2, 0) is 0 Å². The first kappa shape index (κ1) is 13.2. The second kappa shape index (κ2) is 4.76. The van der Waals surface area contributed by atoms with Crippen LogP contribution in [0, 0.1) is 11.6 Å². The first-order valence-electron chi connectivity index (χ1n) is 7.22.